The van der Waals surface area contributed by atoms with Gasteiger partial charge in [0.05, 0.1) is 12.7 Å². The largest absolute Gasteiger partial charge is 0.351 e. The summed E-state index contributed by atoms with van der Waals surface area (Å²) in [5, 5.41) is 0. The Bertz CT molecular complexity index is 227. The van der Waals surface area contributed by atoms with Gasteiger partial charge in [-0.2, -0.15) is 0 Å². The van der Waals surface area contributed by atoms with E-state index in [4.69, 9.17) is 40.4 Å². The summed E-state index contributed by atoms with van der Waals surface area (Å²) in [7, 11) is 17.1. The van der Waals surface area contributed by atoms with E-state index in [9.17, 15) is 0 Å². The van der Waals surface area contributed by atoms with E-state index >= 15 is 0 Å². The van der Waals surface area contributed by atoms with Crippen LogP contribution in [0.3, 0.4) is 0 Å². The number of imidazole rings is 2. The molecule has 0 radical (unpaired) electrons. The number of aromatic amines is 2. The molecule has 0 saturated carbocycles. The molecule has 2 aromatic heterocycles. The summed E-state index contributed by atoms with van der Waals surface area (Å²) >= 11 is 0. The van der Waals surface area contributed by atoms with Crippen molar-refractivity contribution in [3.63, 3.8) is 0 Å². The molecule has 2 heterocycles. The number of H-pyrrole nitrogens is 2. The summed E-state index contributed by atoms with van der Waals surface area (Å²) in [6.07, 6.45) is 10.2. The molecule has 0 atom stereocenters. The fourth-order valence-electron chi connectivity index (χ4n) is 0.430. The predicted molar refractivity (Wildman–Crippen MR) is 60.6 cm³/mol. The quantitative estimate of drug-likeness (QED) is 0.724. The first-order valence-electron chi connectivity index (χ1n) is 3.43. The van der Waals surface area contributed by atoms with E-state index in [0.717, 1.165) is 0 Å². The molecule has 87 valence electrons. The zero-order chi connectivity index (χ0) is 11.6. The molecule has 0 spiro atoms. The Morgan fingerprint density at radius 2 is 1.13 bits per heavy atom. The molecular weight excluding hydrogens is 325 g/mol. The number of rotatable bonds is 0. The topological polar surface area (TPSA) is 57.4 Å². The van der Waals surface area contributed by atoms with Gasteiger partial charge in [0.25, 0.3) is 0 Å². The van der Waals surface area contributed by atoms with Crippen LogP contribution < -0.4 is 0 Å². The van der Waals surface area contributed by atoms with Crippen molar-refractivity contribution in [2.24, 2.45) is 0 Å². The smallest absolute Gasteiger partial charge is 0.0919 e. The normalized spacial score (nSPS) is 10.4. The minimum Gasteiger partial charge on any atom is -0.351 e. The fraction of sp³-hybridized carbons (Fsp3) is 0. The van der Waals surface area contributed by atoms with E-state index in [1.54, 1.807) is 37.4 Å². The first-order chi connectivity index (χ1) is 7.00. The number of hydrogen-bond donors (Lipinski definition) is 2. The Kier molecular flexibility index (Phi) is 9.40. The number of halogens is 4. The van der Waals surface area contributed by atoms with E-state index in [0.29, 0.717) is 0 Å². The third kappa shape index (κ3) is 20.2. The number of aromatic nitrogens is 4. The maximum atomic E-state index is 4.97. The van der Waals surface area contributed by atoms with E-state index in [2.05, 4.69) is 19.9 Å². The average molecular weight is 333 g/mol. The van der Waals surface area contributed by atoms with Crippen molar-refractivity contribution in [3.8, 4) is 0 Å². The van der Waals surface area contributed by atoms with Gasteiger partial charge in [-0.05, 0) is 0 Å². The van der Waals surface area contributed by atoms with Crippen molar-refractivity contribution >= 4 is 40.4 Å². The SMILES string of the molecule is [Cl][Mn]([Cl])([Cl])[Cl].c1c[nH]cn1.c1c[nH]cn1. The van der Waals surface area contributed by atoms with Crippen molar-refractivity contribution in [2.45, 2.75) is 0 Å². The Balaban J connectivity index is 0.000000196. The molecular formula is C6H8Cl4MnN4. The summed E-state index contributed by atoms with van der Waals surface area (Å²) < 4.78 is 0. The second-order valence-corrected chi connectivity index (χ2v) is 13.5. The molecule has 2 aromatic rings. The van der Waals surface area contributed by atoms with Crippen LogP contribution in [0.15, 0.2) is 37.4 Å². The molecule has 0 aliphatic carbocycles. The minimum absolute atomic E-state index is 1.62. The predicted octanol–water partition coefficient (Wildman–Crippen LogP) is 3.57. The third-order valence-corrected chi connectivity index (χ3v) is 0.812. The second-order valence-electron chi connectivity index (χ2n) is 1.85. The van der Waals surface area contributed by atoms with Gasteiger partial charge in [0.15, 0.2) is 0 Å². The van der Waals surface area contributed by atoms with Gasteiger partial charge in [0.2, 0.25) is 0 Å². The van der Waals surface area contributed by atoms with Crippen LogP contribution in [0.1, 0.15) is 0 Å². The van der Waals surface area contributed by atoms with Gasteiger partial charge < -0.3 is 9.97 Å². The fourth-order valence-corrected chi connectivity index (χ4v) is 0.430. The maximum Gasteiger partial charge on any atom is 0.0919 e. The van der Waals surface area contributed by atoms with Crippen LogP contribution >= 0.6 is 40.4 Å². The zero-order valence-electron chi connectivity index (χ0n) is 7.25. The summed E-state index contributed by atoms with van der Waals surface area (Å²) in [5.74, 6) is 0. The molecule has 2 N–H and O–H groups in total. The third-order valence-electron chi connectivity index (χ3n) is 0.812. The van der Waals surface area contributed by atoms with Crippen LogP contribution in [-0.2, 0) is 9.20 Å². The molecule has 0 fully saturated rings. The van der Waals surface area contributed by atoms with Crippen LogP contribution in [-0.4, -0.2) is 19.9 Å². The maximum absolute atomic E-state index is 4.97. The first kappa shape index (κ1) is 15.1. The van der Waals surface area contributed by atoms with Gasteiger partial charge in [-0.25, -0.2) is 9.97 Å². The molecule has 0 aliphatic heterocycles. The van der Waals surface area contributed by atoms with Crippen LogP contribution in [0, 0.1) is 0 Å². The molecule has 4 nitrogen and oxygen atoms in total. The Morgan fingerprint density at radius 3 is 1.20 bits per heavy atom. The van der Waals surface area contributed by atoms with E-state index in [1.807, 2.05) is 0 Å². The number of nitrogens with zero attached hydrogens (tertiary/aromatic N) is 2. The van der Waals surface area contributed by atoms with Crippen LogP contribution in [0.5, 0.6) is 0 Å². The van der Waals surface area contributed by atoms with E-state index < -0.39 is 9.20 Å². The van der Waals surface area contributed by atoms with Gasteiger partial charge in [-0.1, -0.05) is 0 Å². The molecule has 9 heteroatoms. The van der Waals surface area contributed by atoms with Crippen molar-refractivity contribution in [2.75, 3.05) is 0 Å². The average Bonchev–Trinajstić information content (AvgIpc) is 2.81. The Morgan fingerprint density at radius 1 is 0.800 bits per heavy atom. The van der Waals surface area contributed by atoms with Crippen LogP contribution in [0.4, 0.5) is 0 Å². The molecule has 0 bridgehead atoms. The molecule has 0 unspecified atom stereocenters. The van der Waals surface area contributed by atoms with E-state index in [1.165, 1.54) is 0 Å². The minimum atomic E-state index is -2.74. The van der Waals surface area contributed by atoms with Crippen molar-refractivity contribution in [3.05, 3.63) is 37.4 Å². The molecule has 0 aliphatic rings. The van der Waals surface area contributed by atoms with Crippen molar-refractivity contribution in [1.29, 1.82) is 0 Å². The monoisotopic (exact) mass is 331 g/mol. The molecule has 0 amide bonds. The van der Waals surface area contributed by atoms with Crippen molar-refractivity contribution < 1.29 is 9.20 Å². The number of hydrogen-bond acceptors (Lipinski definition) is 2. The summed E-state index contributed by atoms with van der Waals surface area (Å²) in [4.78, 5) is 12.8. The number of nitrogens with one attached hydrogen (secondary N) is 2. The first-order valence-corrected chi connectivity index (χ1v) is 9.92. The molecule has 0 aromatic carbocycles. The van der Waals surface area contributed by atoms with Gasteiger partial charge in [0.1, 0.15) is 0 Å². The summed E-state index contributed by atoms with van der Waals surface area (Å²) in [6.45, 7) is 0. The van der Waals surface area contributed by atoms with Crippen LogP contribution in [0.2, 0.25) is 0 Å². The van der Waals surface area contributed by atoms with Crippen molar-refractivity contribution in [1.82, 2.24) is 19.9 Å². The summed E-state index contributed by atoms with van der Waals surface area (Å²) in [5.41, 5.74) is 0. The molecule has 15 heavy (non-hydrogen) atoms. The molecule has 2 rings (SSSR count). The standard InChI is InChI=1S/2C3H4N2.4ClH.Mn/c2*1-2-5-3-4-1;;;;;/h2*1-3H,(H,4,5);4*1H;/q;;;;;;+4/p-4. The van der Waals surface area contributed by atoms with Crippen LogP contribution in [0.25, 0.3) is 0 Å². The zero-order valence-corrected chi connectivity index (χ0v) is 11.5. The second kappa shape index (κ2) is 9.33. The Hall–Kier alpha value is 0.0995. The van der Waals surface area contributed by atoms with E-state index in [-0.39, 0.29) is 0 Å². The van der Waals surface area contributed by atoms with Gasteiger partial charge in [-0.15, -0.1) is 0 Å². The molecule has 0 saturated heterocycles. The van der Waals surface area contributed by atoms with Gasteiger partial charge >= 0.3 is 49.6 Å². The van der Waals surface area contributed by atoms with Gasteiger partial charge in [0, 0.05) is 24.8 Å². The van der Waals surface area contributed by atoms with Gasteiger partial charge in [-0.3, -0.25) is 0 Å². The Labute approximate surface area is 106 Å². The summed E-state index contributed by atoms with van der Waals surface area (Å²) in [6, 6.07) is 0.